The fourth-order valence-electron chi connectivity index (χ4n) is 3.37. The van der Waals surface area contributed by atoms with Gasteiger partial charge in [-0.15, -0.1) is 0 Å². The molecule has 1 atom stereocenters. The van der Waals surface area contributed by atoms with Crippen molar-refractivity contribution in [3.8, 4) is 0 Å². The van der Waals surface area contributed by atoms with Gasteiger partial charge in [-0.25, -0.2) is 0 Å². The molecule has 1 aliphatic rings. The standard InChI is InChI=1S/C21H25N3O2/c1-3-18-6-4-5-13-24(18)21(26)19-14-16(11-12-22-19)20(25)23-17-9-7-15(2)8-10-17/h7-12,14,18H,3-6,13H2,1-2H3,(H,23,25). The van der Waals surface area contributed by atoms with Gasteiger partial charge in [-0.3, -0.25) is 14.6 Å². The van der Waals surface area contributed by atoms with Crippen LogP contribution in [0.4, 0.5) is 5.69 Å². The van der Waals surface area contributed by atoms with Crippen molar-refractivity contribution in [2.24, 2.45) is 0 Å². The molecule has 0 radical (unpaired) electrons. The van der Waals surface area contributed by atoms with Crippen molar-refractivity contribution in [2.75, 3.05) is 11.9 Å². The van der Waals surface area contributed by atoms with E-state index in [1.54, 1.807) is 12.1 Å². The lowest BCUT2D eigenvalue weighted by atomic mass is 9.99. The highest BCUT2D eigenvalue weighted by Gasteiger charge is 2.27. The summed E-state index contributed by atoms with van der Waals surface area (Å²) in [6.07, 6.45) is 5.70. The van der Waals surface area contributed by atoms with Crippen LogP contribution >= 0.6 is 0 Å². The third-order valence-electron chi connectivity index (χ3n) is 4.91. The van der Waals surface area contributed by atoms with E-state index in [0.717, 1.165) is 43.5 Å². The Hall–Kier alpha value is -2.69. The number of pyridine rings is 1. The second kappa shape index (κ2) is 8.13. The molecule has 0 bridgehead atoms. The molecule has 5 heteroatoms. The highest BCUT2D eigenvalue weighted by atomic mass is 16.2. The lowest BCUT2D eigenvalue weighted by molar-refractivity contribution is 0.0602. The third kappa shape index (κ3) is 4.10. The molecular weight excluding hydrogens is 326 g/mol. The molecule has 1 fully saturated rings. The summed E-state index contributed by atoms with van der Waals surface area (Å²) in [5.74, 6) is -0.322. The number of carbonyl (C=O) groups is 2. The number of anilines is 1. The molecule has 3 rings (SSSR count). The van der Waals surface area contributed by atoms with Gasteiger partial charge in [-0.05, 0) is 56.9 Å². The monoisotopic (exact) mass is 351 g/mol. The summed E-state index contributed by atoms with van der Waals surface area (Å²) in [6.45, 7) is 4.87. The first-order chi connectivity index (χ1) is 12.6. The minimum absolute atomic E-state index is 0.0819. The Labute approximate surface area is 154 Å². The van der Waals surface area contributed by atoms with Crippen molar-refractivity contribution in [2.45, 2.75) is 45.6 Å². The molecule has 136 valence electrons. The predicted octanol–water partition coefficient (Wildman–Crippen LogP) is 4.05. The van der Waals surface area contributed by atoms with Crippen LogP contribution in [0.25, 0.3) is 0 Å². The van der Waals surface area contributed by atoms with Crippen LogP contribution in [0.5, 0.6) is 0 Å². The fraction of sp³-hybridized carbons (Fsp3) is 0.381. The van der Waals surface area contributed by atoms with Crippen molar-refractivity contribution < 1.29 is 9.59 Å². The Morgan fingerprint density at radius 2 is 1.96 bits per heavy atom. The summed E-state index contributed by atoms with van der Waals surface area (Å²) in [5, 5.41) is 2.86. The van der Waals surface area contributed by atoms with Gasteiger partial charge >= 0.3 is 0 Å². The van der Waals surface area contributed by atoms with Gasteiger partial charge in [-0.2, -0.15) is 0 Å². The van der Waals surface area contributed by atoms with Gasteiger partial charge in [0.05, 0.1) is 0 Å². The summed E-state index contributed by atoms with van der Waals surface area (Å²) in [5.41, 5.74) is 2.63. The molecular formula is C21H25N3O2. The van der Waals surface area contributed by atoms with Crippen molar-refractivity contribution in [3.63, 3.8) is 0 Å². The first-order valence-corrected chi connectivity index (χ1v) is 9.23. The number of piperidine rings is 1. The van der Waals surface area contributed by atoms with E-state index in [4.69, 9.17) is 0 Å². The van der Waals surface area contributed by atoms with E-state index in [-0.39, 0.29) is 17.9 Å². The van der Waals surface area contributed by atoms with E-state index in [1.165, 1.54) is 6.20 Å². The molecule has 0 aliphatic carbocycles. The topological polar surface area (TPSA) is 62.3 Å². The van der Waals surface area contributed by atoms with E-state index in [0.29, 0.717) is 11.3 Å². The minimum Gasteiger partial charge on any atom is -0.334 e. The maximum atomic E-state index is 12.9. The van der Waals surface area contributed by atoms with Gasteiger partial charge < -0.3 is 10.2 Å². The van der Waals surface area contributed by atoms with Crippen LogP contribution in [-0.4, -0.2) is 34.3 Å². The number of benzene rings is 1. The Kier molecular flexibility index (Phi) is 5.66. The van der Waals surface area contributed by atoms with E-state index in [2.05, 4.69) is 17.2 Å². The maximum absolute atomic E-state index is 12.9. The number of nitrogens with one attached hydrogen (secondary N) is 1. The number of aryl methyl sites for hydroxylation is 1. The zero-order valence-electron chi connectivity index (χ0n) is 15.4. The molecule has 1 unspecified atom stereocenters. The summed E-state index contributed by atoms with van der Waals surface area (Å²) in [4.78, 5) is 31.5. The van der Waals surface area contributed by atoms with Gasteiger partial charge in [0.1, 0.15) is 5.69 Å². The maximum Gasteiger partial charge on any atom is 0.272 e. The van der Waals surface area contributed by atoms with Crippen LogP contribution in [0.3, 0.4) is 0 Å². The molecule has 2 amide bonds. The van der Waals surface area contributed by atoms with E-state index >= 15 is 0 Å². The minimum atomic E-state index is -0.240. The molecule has 2 heterocycles. The van der Waals surface area contributed by atoms with Crippen molar-refractivity contribution in [1.82, 2.24) is 9.88 Å². The molecule has 5 nitrogen and oxygen atoms in total. The number of hydrogen-bond donors (Lipinski definition) is 1. The van der Waals surface area contributed by atoms with E-state index in [1.807, 2.05) is 36.1 Å². The van der Waals surface area contributed by atoms with Crippen molar-refractivity contribution in [1.29, 1.82) is 0 Å². The molecule has 0 saturated carbocycles. The summed E-state index contributed by atoms with van der Waals surface area (Å²) < 4.78 is 0. The van der Waals surface area contributed by atoms with Crippen LogP contribution in [-0.2, 0) is 0 Å². The summed E-state index contributed by atoms with van der Waals surface area (Å²) in [7, 11) is 0. The molecule has 0 spiro atoms. The number of aromatic nitrogens is 1. The van der Waals surface area contributed by atoms with Gasteiger partial charge in [0, 0.05) is 30.0 Å². The van der Waals surface area contributed by atoms with Crippen LogP contribution in [0.15, 0.2) is 42.6 Å². The van der Waals surface area contributed by atoms with Crippen molar-refractivity contribution in [3.05, 3.63) is 59.4 Å². The van der Waals surface area contributed by atoms with Gasteiger partial charge in [0.15, 0.2) is 0 Å². The molecule has 1 saturated heterocycles. The quantitative estimate of drug-likeness (QED) is 0.904. The number of hydrogen-bond acceptors (Lipinski definition) is 3. The molecule has 2 aromatic rings. The van der Waals surface area contributed by atoms with Crippen LogP contribution in [0, 0.1) is 6.92 Å². The first kappa shape index (κ1) is 18.1. The predicted molar refractivity (Wildman–Crippen MR) is 102 cm³/mol. The number of rotatable bonds is 4. The number of amides is 2. The molecule has 1 aliphatic heterocycles. The smallest absolute Gasteiger partial charge is 0.272 e. The normalized spacial score (nSPS) is 17.0. The largest absolute Gasteiger partial charge is 0.334 e. The molecule has 26 heavy (non-hydrogen) atoms. The average Bonchev–Trinajstić information content (AvgIpc) is 2.69. The summed E-state index contributed by atoms with van der Waals surface area (Å²) in [6, 6.07) is 11.1. The fourth-order valence-corrected chi connectivity index (χ4v) is 3.37. The van der Waals surface area contributed by atoms with Gasteiger partial charge in [0.2, 0.25) is 0 Å². The molecule has 1 N–H and O–H groups in total. The lowest BCUT2D eigenvalue weighted by Crippen LogP contribution is -2.43. The van der Waals surface area contributed by atoms with Crippen LogP contribution < -0.4 is 5.32 Å². The second-order valence-corrected chi connectivity index (χ2v) is 6.81. The van der Waals surface area contributed by atoms with Gasteiger partial charge in [-0.1, -0.05) is 24.6 Å². The molecule has 1 aromatic carbocycles. The Morgan fingerprint density at radius 1 is 1.19 bits per heavy atom. The Balaban J connectivity index is 1.75. The summed E-state index contributed by atoms with van der Waals surface area (Å²) >= 11 is 0. The van der Waals surface area contributed by atoms with Crippen molar-refractivity contribution >= 4 is 17.5 Å². The number of nitrogens with zero attached hydrogens (tertiary/aromatic N) is 2. The Bertz CT molecular complexity index is 786. The third-order valence-corrected chi connectivity index (χ3v) is 4.91. The van der Waals surface area contributed by atoms with Crippen LogP contribution in [0.1, 0.15) is 59.0 Å². The van der Waals surface area contributed by atoms with Crippen LogP contribution in [0.2, 0.25) is 0 Å². The zero-order chi connectivity index (χ0) is 18.5. The zero-order valence-corrected chi connectivity index (χ0v) is 15.4. The average molecular weight is 351 g/mol. The first-order valence-electron chi connectivity index (χ1n) is 9.23. The highest BCUT2D eigenvalue weighted by Crippen LogP contribution is 2.21. The number of likely N-dealkylation sites (tertiary alicyclic amines) is 1. The van der Waals surface area contributed by atoms with E-state index < -0.39 is 0 Å². The lowest BCUT2D eigenvalue weighted by Gasteiger charge is -2.35. The number of carbonyl (C=O) groups excluding carboxylic acids is 2. The molecule has 1 aromatic heterocycles. The van der Waals surface area contributed by atoms with E-state index in [9.17, 15) is 9.59 Å². The Morgan fingerprint density at radius 3 is 2.69 bits per heavy atom. The van der Waals surface area contributed by atoms with Gasteiger partial charge in [0.25, 0.3) is 11.8 Å². The SMILES string of the molecule is CCC1CCCCN1C(=O)c1cc(C(=O)Nc2ccc(C)cc2)ccn1. The second-order valence-electron chi connectivity index (χ2n) is 6.81. The highest BCUT2D eigenvalue weighted by molar-refractivity contribution is 6.05.